The van der Waals surface area contributed by atoms with E-state index >= 15 is 0 Å². The van der Waals surface area contributed by atoms with E-state index in [2.05, 4.69) is 5.32 Å². The zero-order chi connectivity index (χ0) is 11.1. The maximum Gasteiger partial charge on any atom is 1.00 e. The Balaban J connectivity index is 0.00000225. The van der Waals surface area contributed by atoms with Crippen molar-refractivity contribution < 1.29 is 28.8 Å². The molecule has 0 bridgehead atoms. The zero-order valence-corrected chi connectivity index (χ0v) is 9.53. The second kappa shape index (κ2) is 8.37. The Kier molecular flexibility index (Phi) is 7.96. The van der Waals surface area contributed by atoms with Gasteiger partial charge in [0.25, 0.3) is 0 Å². The molecule has 0 heterocycles. The number of nitrogens with one attached hydrogen (secondary N) is 1. The second-order valence-corrected chi connectivity index (χ2v) is 3.32. The molecule has 0 aliphatic rings. The number of nitrogens with two attached hydrogens (primary N) is 1. The van der Waals surface area contributed by atoms with E-state index in [1.807, 2.05) is 24.3 Å². The van der Waals surface area contributed by atoms with Crippen molar-refractivity contribution in [1.82, 2.24) is 5.32 Å². The van der Waals surface area contributed by atoms with Gasteiger partial charge in [-0.2, -0.15) is 0 Å². The van der Waals surface area contributed by atoms with E-state index in [0.29, 0.717) is 19.6 Å². The van der Waals surface area contributed by atoms with Crippen LogP contribution in [0.5, 0.6) is 0 Å². The fraction of sp³-hybridized carbons (Fsp3) is 0.364. The molecule has 5 heteroatoms. The monoisotopic (exact) mass is 214 g/mol. The van der Waals surface area contributed by atoms with E-state index < -0.39 is 5.97 Å². The van der Waals surface area contributed by atoms with Crippen LogP contribution >= 0.6 is 0 Å². The number of carbonyl (C=O) groups excluding carboxylic acids is 1. The topological polar surface area (TPSA) is 78.2 Å². The fourth-order valence-corrected chi connectivity index (χ4v) is 1.22. The number of hydrogen-bond donors (Lipinski definition) is 2. The van der Waals surface area contributed by atoms with E-state index in [9.17, 15) is 9.90 Å². The molecule has 4 nitrogen and oxygen atoms in total. The van der Waals surface area contributed by atoms with Crippen LogP contribution in [0.1, 0.15) is 17.5 Å². The molecule has 0 atom stereocenters. The minimum Gasteiger partial charge on any atom is -0.550 e. The van der Waals surface area contributed by atoms with Gasteiger partial charge in [-0.1, -0.05) is 24.3 Å². The summed E-state index contributed by atoms with van der Waals surface area (Å²) in [4.78, 5) is 10.1. The normalized spacial score (nSPS) is 9.56. The Labute approximate surface area is 107 Å². The smallest absolute Gasteiger partial charge is 0.550 e. The number of carboxylic acids is 1. The van der Waals surface area contributed by atoms with Crippen LogP contribution < -0.4 is 35.0 Å². The van der Waals surface area contributed by atoms with Crippen molar-refractivity contribution in [3.8, 4) is 0 Å². The number of aliphatic carboxylic acids is 1. The molecule has 0 radical (unpaired) electrons. The van der Waals surface area contributed by atoms with Gasteiger partial charge in [0, 0.05) is 25.6 Å². The third kappa shape index (κ3) is 5.94. The van der Waals surface area contributed by atoms with Crippen molar-refractivity contribution in [2.45, 2.75) is 19.5 Å². The van der Waals surface area contributed by atoms with Gasteiger partial charge in [0.2, 0.25) is 0 Å². The van der Waals surface area contributed by atoms with Gasteiger partial charge in [0.05, 0.1) is 0 Å². The van der Waals surface area contributed by atoms with Crippen LogP contribution in [0.2, 0.25) is 0 Å². The molecule has 0 saturated heterocycles. The van der Waals surface area contributed by atoms with E-state index in [1.165, 1.54) is 0 Å². The van der Waals surface area contributed by atoms with Crippen molar-refractivity contribution in [2.75, 3.05) is 6.54 Å². The second-order valence-electron chi connectivity index (χ2n) is 3.32. The van der Waals surface area contributed by atoms with Crippen molar-refractivity contribution in [2.24, 2.45) is 5.73 Å². The van der Waals surface area contributed by atoms with Crippen molar-refractivity contribution in [3.63, 3.8) is 0 Å². The Morgan fingerprint density at radius 2 is 1.81 bits per heavy atom. The van der Waals surface area contributed by atoms with Crippen LogP contribution in [0.15, 0.2) is 24.3 Å². The molecule has 0 amide bonds. The number of carbonyl (C=O) groups is 1. The Morgan fingerprint density at radius 1 is 1.25 bits per heavy atom. The average Bonchev–Trinajstić information content (AvgIpc) is 2.25. The van der Waals surface area contributed by atoms with Crippen LogP contribution in [-0.2, 0) is 17.9 Å². The van der Waals surface area contributed by atoms with Gasteiger partial charge in [0.1, 0.15) is 0 Å². The first kappa shape index (κ1) is 15.2. The van der Waals surface area contributed by atoms with E-state index in [-0.39, 0.29) is 25.3 Å². The third-order valence-corrected chi connectivity index (χ3v) is 2.09. The number of hydrogen-bond acceptors (Lipinski definition) is 4. The molecule has 0 fully saturated rings. The molecule has 0 aliphatic carbocycles. The standard InChI is InChI=1S/C11H16N2O2.Li/c12-7-9-1-3-10(4-2-9)8-13-6-5-11(14)15;/h1-4,13H,5-8,12H2,(H,14,15);/q;+1/p-1. The van der Waals surface area contributed by atoms with Crippen molar-refractivity contribution in [3.05, 3.63) is 35.4 Å². The van der Waals surface area contributed by atoms with Gasteiger partial charge in [-0.25, -0.2) is 0 Å². The van der Waals surface area contributed by atoms with Gasteiger partial charge < -0.3 is 21.0 Å². The van der Waals surface area contributed by atoms with Gasteiger partial charge >= 0.3 is 18.9 Å². The molecule has 1 rings (SSSR count). The van der Waals surface area contributed by atoms with Gasteiger partial charge in [-0.15, -0.1) is 0 Å². The number of benzene rings is 1. The molecule has 1 aromatic rings. The molecule has 3 N–H and O–H groups in total. The Hall–Kier alpha value is -0.793. The molecule has 0 aliphatic heterocycles. The minimum absolute atomic E-state index is 0. The average molecular weight is 214 g/mol. The fourth-order valence-electron chi connectivity index (χ4n) is 1.22. The summed E-state index contributed by atoms with van der Waals surface area (Å²) < 4.78 is 0. The largest absolute Gasteiger partial charge is 1.00 e. The van der Waals surface area contributed by atoms with Gasteiger partial charge in [-0.05, 0) is 17.5 Å². The van der Waals surface area contributed by atoms with Crippen LogP contribution in [0.25, 0.3) is 0 Å². The maximum absolute atomic E-state index is 10.1. The summed E-state index contributed by atoms with van der Waals surface area (Å²) in [6.07, 6.45) is 0.0425. The van der Waals surface area contributed by atoms with Gasteiger partial charge in [0.15, 0.2) is 0 Å². The predicted molar refractivity (Wildman–Crippen MR) is 55.7 cm³/mol. The minimum atomic E-state index is -1.03. The summed E-state index contributed by atoms with van der Waals surface area (Å²) in [5, 5.41) is 13.1. The predicted octanol–water partition coefficient (Wildman–Crippen LogP) is -3.62. The summed E-state index contributed by atoms with van der Waals surface area (Å²) in [7, 11) is 0. The molecular formula is C11H15LiN2O2. The number of carboxylic acid groups (broad SMARTS) is 1. The van der Waals surface area contributed by atoms with Crippen molar-refractivity contribution in [1.29, 1.82) is 0 Å². The molecule has 0 aromatic heterocycles. The first-order valence-corrected chi connectivity index (χ1v) is 4.91. The third-order valence-electron chi connectivity index (χ3n) is 2.09. The molecule has 1 aromatic carbocycles. The van der Waals surface area contributed by atoms with Crippen LogP contribution in [0.3, 0.4) is 0 Å². The molecule has 82 valence electrons. The first-order valence-electron chi connectivity index (χ1n) is 4.91. The summed E-state index contributed by atoms with van der Waals surface area (Å²) in [6, 6.07) is 7.90. The molecule has 16 heavy (non-hydrogen) atoms. The summed E-state index contributed by atoms with van der Waals surface area (Å²) in [5.41, 5.74) is 7.67. The zero-order valence-electron chi connectivity index (χ0n) is 9.53. The van der Waals surface area contributed by atoms with Crippen LogP contribution in [-0.4, -0.2) is 12.5 Å². The summed E-state index contributed by atoms with van der Waals surface area (Å²) in [5.74, 6) is -1.03. The SMILES string of the molecule is NCc1ccc(CNCCC(=O)[O-])cc1.[Li+]. The van der Waals surface area contributed by atoms with Crippen LogP contribution in [0, 0.1) is 0 Å². The number of rotatable bonds is 6. The summed E-state index contributed by atoms with van der Waals surface area (Å²) in [6.45, 7) is 1.64. The molecule has 0 unspecified atom stereocenters. The maximum atomic E-state index is 10.1. The van der Waals surface area contributed by atoms with E-state index in [4.69, 9.17) is 5.73 Å². The van der Waals surface area contributed by atoms with E-state index in [1.54, 1.807) is 0 Å². The quantitative estimate of drug-likeness (QED) is 0.378. The van der Waals surface area contributed by atoms with Gasteiger partial charge in [-0.3, -0.25) is 0 Å². The molecule has 0 saturated carbocycles. The molecule has 0 spiro atoms. The Morgan fingerprint density at radius 3 is 2.31 bits per heavy atom. The van der Waals surface area contributed by atoms with E-state index in [0.717, 1.165) is 11.1 Å². The van der Waals surface area contributed by atoms with Crippen molar-refractivity contribution >= 4 is 5.97 Å². The molecular weight excluding hydrogens is 199 g/mol. The first-order chi connectivity index (χ1) is 7.22. The Bertz CT molecular complexity index is 314. The summed E-state index contributed by atoms with van der Waals surface area (Å²) >= 11 is 0. The van der Waals surface area contributed by atoms with Crippen LogP contribution in [0.4, 0.5) is 0 Å².